The highest BCUT2D eigenvalue weighted by Gasteiger charge is 2.42. The molecule has 1 aromatic carbocycles. The SMILES string of the molecule is O=C(O)[C@H]1CCCN(C(=O)C2CCCN2S(=O)(=O)c2ccccc2)C1. The molecule has 1 unspecified atom stereocenters. The van der Waals surface area contributed by atoms with Gasteiger partial charge in [0.05, 0.1) is 10.8 Å². The molecule has 25 heavy (non-hydrogen) atoms. The Bertz CT molecular complexity index is 750. The maximum atomic E-state index is 12.9. The molecule has 2 aliphatic rings. The van der Waals surface area contributed by atoms with Crippen molar-refractivity contribution < 1.29 is 23.1 Å². The van der Waals surface area contributed by atoms with Crippen LogP contribution in [-0.4, -0.2) is 60.3 Å². The molecule has 0 radical (unpaired) electrons. The first kappa shape index (κ1) is 17.9. The average Bonchev–Trinajstić information content (AvgIpc) is 3.12. The number of benzene rings is 1. The summed E-state index contributed by atoms with van der Waals surface area (Å²) >= 11 is 0. The molecule has 0 bridgehead atoms. The van der Waals surface area contributed by atoms with E-state index in [2.05, 4.69) is 0 Å². The number of aliphatic carboxylic acids is 1. The first-order valence-corrected chi connectivity index (χ1v) is 9.94. The number of carbonyl (C=O) groups excluding carboxylic acids is 1. The van der Waals surface area contributed by atoms with Crippen LogP contribution in [-0.2, 0) is 19.6 Å². The first-order chi connectivity index (χ1) is 11.9. The van der Waals surface area contributed by atoms with Gasteiger partial charge in [-0.05, 0) is 37.8 Å². The number of hydrogen-bond acceptors (Lipinski definition) is 4. The van der Waals surface area contributed by atoms with Crippen LogP contribution in [0, 0.1) is 5.92 Å². The number of rotatable bonds is 4. The molecule has 7 nitrogen and oxygen atoms in total. The van der Waals surface area contributed by atoms with Gasteiger partial charge in [0.1, 0.15) is 6.04 Å². The maximum absolute atomic E-state index is 12.9. The second kappa shape index (κ2) is 7.13. The number of piperidine rings is 1. The van der Waals surface area contributed by atoms with Gasteiger partial charge in [-0.2, -0.15) is 4.31 Å². The highest BCUT2D eigenvalue weighted by atomic mass is 32.2. The Morgan fingerprint density at radius 2 is 1.72 bits per heavy atom. The van der Waals surface area contributed by atoms with Crippen molar-refractivity contribution in [2.24, 2.45) is 5.92 Å². The third kappa shape index (κ3) is 3.55. The Hall–Kier alpha value is -1.93. The van der Waals surface area contributed by atoms with Crippen molar-refractivity contribution in [1.29, 1.82) is 0 Å². The van der Waals surface area contributed by atoms with Gasteiger partial charge in [0.25, 0.3) is 0 Å². The van der Waals surface area contributed by atoms with E-state index in [-0.39, 0.29) is 17.3 Å². The second-order valence-corrected chi connectivity index (χ2v) is 8.44. The molecule has 2 heterocycles. The Kier molecular flexibility index (Phi) is 5.10. The third-order valence-corrected chi connectivity index (χ3v) is 6.84. The van der Waals surface area contributed by atoms with Gasteiger partial charge in [0.15, 0.2) is 0 Å². The number of hydrogen-bond donors (Lipinski definition) is 1. The van der Waals surface area contributed by atoms with Gasteiger partial charge < -0.3 is 10.0 Å². The zero-order valence-electron chi connectivity index (χ0n) is 13.9. The number of nitrogens with zero attached hydrogens (tertiary/aromatic N) is 2. The van der Waals surface area contributed by atoms with Crippen LogP contribution in [0.5, 0.6) is 0 Å². The lowest BCUT2D eigenvalue weighted by Crippen LogP contribution is -2.51. The van der Waals surface area contributed by atoms with E-state index in [1.807, 2.05) is 0 Å². The van der Waals surface area contributed by atoms with Gasteiger partial charge in [0.2, 0.25) is 15.9 Å². The van der Waals surface area contributed by atoms with E-state index in [9.17, 15) is 23.1 Å². The van der Waals surface area contributed by atoms with E-state index in [1.54, 1.807) is 18.2 Å². The third-order valence-electron chi connectivity index (χ3n) is 4.92. The maximum Gasteiger partial charge on any atom is 0.308 e. The fraction of sp³-hybridized carbons (Fsp3) is 0.529. The molecule has 0 saturated carbocycles. The number of carboxylic acid groups (broad SMARTS) is 1. The van der Waals surface area contributed by atoms with E-state index in [0.717, 1.165) is 0 Å². The highest BCUT2D eigenvalue weighted by Crippen LogP contribution is 2.28. The molecule has 2 atom stereocenters. The van der Waals surface area contributed by atoms with Crippen molar-refractivity contribution in [3.05, 3.63) is 30.3 Å². The zero-order chi connectivity index (χ0) is 18.0. The Balaban J connectivity index is 1.79. The predicted molar refractivity (Wildman–Crippen MR) is 90.3 cm³/mol. The van der Waals surface area contributed by atoms with Gasteiger partial charge in [-0.25, -0.2) is 8.42 Å². The van der Waals surface area contributed by atoms with Crippen molar-refractivity contribution in [2.45, 2.75) is 36.6 Å². The van der Waals surface area contributed by atoms with Crippen LogP contribution < -0.4 is 0 Å². The zero-order valence-corrected chi connectivity index (χ0v) is 14.7. The Morgan fingerprint density at radius 3 is 2.40 bits per heavy atom. The molecule has 1 N–H and O–H groups in total. The summed E-state index contributed by atoms with van der Waals surface area (Å²) in [5.74, 6) is -1.75. The number of carbonyl (C=O) groups is 2. The summed E-state index contributed by atoms with van der Waals surface area (Å²) in [4.78, 5) is 25.8. The topological polar surface area (TPSA) is 95.0 Å². The molecular weight excluding hydrogens is 344 g/mol. The molecule has 1 amide bonds. The Labute approximate surface area is 147 Å². The summed E-state index contributed by atoms with van der Waals surface area (Å²) in [7, 11) is -3.73. The van der Waals surface area contributed by atoms with Crippen LogP contribution in [0.25, 0.3) is 0 Å². The summed E-state index contributed by atoms with van der Waals surface area (Å²) in [6.45, 7) is 0.950. The van der Waals surface area contributed by atoms with Crippen LogP contribution in [0.3, 0.4) is 0 Å². The van der Waals surface area contributed by atoms with Crippen LogP contribution in [0.1, 0.15) is 25.7 Å². The van der Waals surface area contributed by atoms with E-state index < -0.39 is 28.0 Å². The van der Waals surface area contributed by atoms with Crippen LogP contribution in [0.4, 0.5) is 0 Å². The molecule has 2 fully saturated rings. The summed E-state index contributed by atoms with van der Waals surface area (Å²) in [5, 5.41) is 9.19. The van der Waals surface area contributed by atoms with Gasteiger partial charge in [0, 0.05) is 19.6 Å². The average molecular weight is 366 g/mol. The van der Waals surface area contributed by atoms with Crippen LogP contribution in [0.15, 0.2) is 35.2 Å². The largest absolute Gasteiger partial charge is 0.481 e. The Morgan fingerprint density at radius 1 is 1.04 bits per heavy atom. The summed E-state index contributed by atoms with van der Waals surface area (Å²) < 4.78 is 27.0. The molecule has 3 rings (SSSR count). The summed E-state index contributed by atoms with van der Waals surface area (Å²) in [5.41, 5.74) is 0. The monoisotopic (exact) mass is 366 g/mol. The highest BCUT2D eigenvalue weighted by molar-refractivity contribution is 7.89. The lowest BCUT2D eigenvalue weighted by atomic mass is 9.97. The number of likely N-dealkylation sites (tertiary alicyclic amines) is 1. The minimum atomic E-state index is -3.73. The van der Waals surface area contributed by atoms with Crippen LogP contribution in [0.2, 0.25) is 0 Å². The molecular formula is C17H22N2O5S. The fourth-order valence-electron chi connectivity index (χ4n) is 3.59. The van der Waals surface area contributed by atoms with Gasteiger partial charge in [-0.3, -0.25) is 9.59 Å². The van der Waals surface area contributed by atoms with Crippen molar-refractivity contribution in [3.8, 4) is 0 Å². The lowest BCUT2D eigenvalue weighted by molar-refractivity contribution is -0.146. The number of carboxylic acids is 1. The molecule has 8 heteroatoms. The molecule has 2 aliphatic heterocycles. The van der Waals surface area contributed by atoms with Crippen LogP contribution >= 0.6 is 0 Å². The standard InChI is InChI=1S/C17H22N2O5S/c20-16(18-10-4-6-13(12-18)17(21)22)15-9-5-11-19(15)25(23,24)14-7-2-1-3-8-14/h1-3,7-8,13,15H,4-6,9-12H2,(H,21,22)/t13-,15?/m0/s1. The van der Waals surface area contributed by atoms with Gasteiger partial charge in [-0.1, -0.05) is 18.2 Å². The fourth-order valence-corrected chi connectivity index (χ4v) is 5.26. The first-order valence-electron chi connectivity index (χ1n) is 8.50. The smallest absolute Gasteiger partial charge is 0.308 e. The second-order valence-electron chi connectivity index (χ2n) is 6.55. The summed E-state index contributed by atoms with van der Waals surface area (Å²) in [6.07, 6.45) is 2.27. The van der Waals surface area contributed by atoms with E-state index in [4.69, 9.17) is 0 Å². The van der Waals surface area contributed by atoms with Crippen molar-refractivity contribution in [2.75, 3.05) is 19.6 Å². The van der Waals surface area contributed by atoms with Gasteiger partial charge >= 0.3 is 5.97 Å². The normalized spacial score (nSPS) is 25.0. The quantitative estimate of drug-likeness (QED) is 0.863. The summed E-state index contributed by atoms with van der Waals surface area (Å²) in [6, 6.07) is 7.36. The molecule has 0 aromatic heterocycles. The van der Waals surface area contributed by atoms with Crippen molar-refractivity contribution in [3.63, 3.8) is 0 Å². The van der Waals surface area contributed by atoms with Crippen molar-refractivity contribution in [1.82, 2.24) is 9.21 Å². The van der Waals surface area contributed by atoms with Crippen molar-refractivity contribution >= 4 is 21.9 Å². The molecule has 1 aromatic rings. The lowest BCUT2D eigenvalue weighted by Gasteiger charge is -2.34. The van der Waals surface area contributed by atoms with E-state index in [1.165, 1.54) is 21.3 Å². The predicted octanol–water partition coefficient (Wildman–Crippen LogP) is 1.16. The number of sulfonamides is 1. The van der Waals surface area contributed by atoms with E-state index in [0.29, 0.717) is 38.8 Å². The molecule has 136 valence electrons. The minimum Gasteiger partial charge on any atom is -0.481 e. The molecule has 0 spiro atoms. The number of amides is 1. The van der Waals surface area contributed by atoms with Gasteiger partial charge in [-0.15, -0.1) is 0 Å². The minimum absolute atomic E-state index is 0.157. The molecule has 0 aliphatic carbocycles. The molecule has 2 saturated heterocycles. The van der Waals surface area contributed by atoms with E-state index >= 15 is 0 Å².